The summed E-state index contributed by atoms with van der Waals surface area (Å²) in [6.07, 6.45) is 2.66. The second-order valence-corrected chi connectivity index (χ2v) is 9.13. The van der Waals surface area contributed by atoms with Gasteiger partial charge in [0.2, 0.25) is 17.6 Å². The van der Waals surface area contributed by atoms with Crippen molar-refractivity contribution < 1.29 is 14.4 Å². The molecule has 0 saturated carbocycles. The van der Waals surface area contributed by atoms with Gasteiger partial charge in [-0.3, -0.25) is 19.4 Å². The molecule has 0 spiro atoms. The van der Waals surface area contributed by atoms with Crippen LogP contribution in [0.1, 0.15) is 42.1 Å². The molecule has 0 bridgehead atoms. The Kier molecular flexibility index (Phi) is 10.6. The molecule has 1 heterocycles. The van der Waals surface area contributed by atoms with Crippen LogP contribution in [0.25, 0.3) is 0 Å². The van der Waals surface area contributed by atoms with Crippen molar-refractivity contribution in [2.75, 3.05) is 6.54 Å². The molecule has 0 unspecified atom stereocenters. The molecule has 0 aliphatic heterocycles. The minimum Gasteiger partial charge on any atom is -0.370 e. The number of carbonyl (C=O) groups is 3. The number of carbonyl (C=O) groups excluding carboxylic acids is 3. The van der Waals surface area contributed by atoms with Crippen LogP contribution in [0, 0.1) is 5.92 Å². The van der Waals surface area contributed by atoms with E-state index in [1.807, 2.05) is 44.2 Å². The fraction of sp³-hybridized carbons (Fsp3) is 0.435. The molecule has 3 atom stereocenters. The van der Waals surface area contributed by atoms with Crippen LogP contribution < -0.4 is 27.8 Å². The lowest BCUT2D eigenvalue weighted by Crippen LogP contribution is -2.56. The van der Waals surface area contributed by atoms with Gasteiger partial charge in [0.05, 0.1) is 12.1 Å². The summed E-state index contributed by atoms with van der Waals surface area (Å²) in [5, 5.41) is 7.51. The third-order valence-corrected chi connectivity index (χ3v) is 5.89. The fourth-order valence-electron chi connectivity index (χ4n) is 3.28. The average molecular weight is 488 g/mol. The third-order valence-electron chi connectivity index (χ3n) is 5.10. The first-order valence-corrected chi connectivity index (χ1v) is 12.0. The van der Waals surface area contributed by atoms with E-state index >= 15 is 0 Å². The Hall–Kier alpha value is -3.31. The molecular formula is C23H33N7O3S. The molecule has 0 fully saturated rings. The van der Waals surface area contributed by atoms with Crippen LogP contribution in [0.3, 0.4) is 0 Å². The van der Waals surface area contributed by atoms with Gasteiger partial charge < -0.3 is 27.8 Å². The Morgan fingerprint density at radius 3 is 2.38 bits per heavy atom. The topological polar surface area (TPSA) is 179 Å². The van der Waals surface area contributed by atoms with Crippen molar-refractivity contribution in [2.24, 2.45) is 28.1 Å². The maximum absolute atomic E-state index is 13.1. The van der Waals surface area contributed by atoms with Crippen LogP contribution >= 0.6 is 11.3 Å². The van der Waals surface area contributed by atoms with Gasteiger partial charge in [0, 0.05) is 18.1 Å². The van der Waals surface area contributed by atoms with Crippen molar-refractivity contribution >= 4 is 34.9 Å². The highest BCUT2D eigenvalue weighted by atomic mass is 32.1. The maximum Gasteiger partial charge on any atom is 0.243 e. The zero-order valence-corrected chi connectivity index (χ0v) is 20.3. The van der Waals surface area contributed by atoms with E-state index in [1.165, 1.54) is 17.5 Å². The molecule has 2 rings (SSSR count). The molecule has 0 aliphatic carbocycles. The van der Waals surface area contributed by atoms with Crippen LogP contribution in [-0.4, -0.2) is 53.2 Å². The molecule has 0 aliphatic rings. The largest absolute Gasteiger partial charge is 0.370 e. The quantitative estimate of drug-likeness (QED) is 0.119. The van der Waals surface area contributed by atoms with E-state index in [0.29, 0.717) is 30.8 Å². The Morgan fingerprint density at radius 2 is 1.79 bits per heavy atom. The summed E-state index contributed by atoms with van der Waals surface area (Å²) >= 11 is 1.19. The van der Waals surface area contributed by atoms with Crippen LogP contribution in [0.15, 0.2) is 46.9 Å². The molecule has 1 aromatic carbocycles. The van der Waals surface area contributed by atoms with Gasteiger partial charge >= 0.3 is 0 Å². The highest BCUT2D eigenvalue weighted by Crippen LogP contribution is 2.13. The lowest BCUT2D eigenvalue weighted by Gasteiger charge is -2.26. The number of rotatable bonds is 13. The number of nitrogens with two attached hydrogens (primary N) is 3. The van der Waals surface area contributed by atoms with Crippen molar-refractivity contribution in [2.45, 2.75) is 51.2 Å². The van der Waals surface area contributed by atoms with E-state index < -0.39 is 29.9 Å². The minimum atomic E-state index is -0.862. The smallest absolute Gasteiger partial charge is 0.243 e. The number of guanidine groups is 1. The molecule has 34 heavy (non-hydrogen) atoms. The standard InChI is InChI=1S/C23H33N7O3S/c1-14(2)18(30-20(32)16(24)13-15-7-4-3-5-8-15)21(33)29-17(9-6-10-28-23(25)26)19(31)22-27-11-12-34-22/h3-5,7-8,11-12,14,16-18H,6,9-10,13,24H2,1-2H3,(H,29,33)(H,30,32)(H4,25,26,28)/t16-,17+,18-/m1/s1. The zero-order valence-electron chi connectivity index (χ0n) is 19.4. The highest BCUT2D eigenvalue weighted by molar-refractivity contribution is 7.11. The van der Waals surface area contributed by atoms with Gasteiger partial charge in [-0.1, -0.05) is 44.2 Å². The number of Topliss-reactive ketones (excluding diaryl/α,β-unsaturated/α-hetero) is 1. The van der Waals surface area contributed by atoms with Crippen molar-refractivity contribution in [1.29, 1.82) is 0 Å². The average Bonchev–Trinajstić information content (AvgIpc) is 3.34. The summed E-state index contributed by atoms with van der Waals surface area (Å²) < 4.78 is 0. The Morgan fingerprint density at radius 1 is 1.09 bits per heavy atom. The van der Waals surface area contributed by atoms with Gasteiger partial charge in [0.1, 0.15) is 6.04 Å². The summed E-state index contributed by atoms with van der Waals surface area (Å²) in [5.74, 6) is -1.48. The Bertz CT molecular complexity index is 960. The number of ketones is 1. The second-order valence-electron chi connectivity index (χ2n) is 8.24. The minimum absolute atomic E-state index is 0.0405. The first-order chi connectivity index (χ1) is 16.2. The summed E-state index contributed by atoms with van der Waals surface area (Å²) in [5.41, 5.74) is 17.7. The fourth-order valence-corrected chi connectivity index (χ4v) is 3.91. The van der Waals surface area contributed by atoms with E-state index in [-0.39, 0.29) is 17.7 Å². The van der Waals surface area contributed by atoms with Gasteiger partial charge in [0.25, 0.3) is 0 Å². The number of hydrogen-bond acceptors (Lipinski definition) is 7. The number of hydrogen-bond donors (Lipinski definition) is 5. The predicted molar refractivity (Wildman–Crippen MR) is 133 cm³/mol. The van der Waals surface area contributed by atoms with Gasteiger partial charge in [-0.2, -0.15) is 0 Å². The molecule has 11 heteroatoms. The van der Waals surface area contributed by atoms with Crippen LogP contribution in [-0.2, 0) is 16.0 Å². The lowest BCUT2D eigenvalue weighted by molar-refractivity contribution is -0.130. The SMILES string of the molecule is CC(C)[C@@H](NC(=O)[C@H](N)Cc1ccccc1)C(=O)N[C@@H](CCCN=C(N)N)C(=O)c1nccs1. The normalized spacial score (nSPS) is 13.5. The third kappa shape index (κ3) is 8.56. The van der Waals surface area contributed by atoms with Crippen LogP contribution in [0.4, 0.5) is 0 Å². The number of benzene rings is 1. The predicted octanol–water partition coefficient (Wildman–Crippen LogP) is 0.575. The number of amides is 2. The molecule has 2 amide bonds. The number of thiazole rings is 1. The molecule has 1 aromatic heterocycles. The lowest BCUT2D eigenvalue weighted by atomic mass is 10.00. The molecule has 0 radical (unpaired) electrons. The number of nitrogens with one attached hydrogen (secondary N) is 2. The van der Waals surface area contributed by atoms with Crippen LogP contribution in [0.2, 0.25) is 0 Å². The molecule has 184 valence electrons. The van der Waals surface area contributed by atoms with E-state index in [9.17, 15) is 14.4 Å². The first kappa shape index (κ1) is 26.9. The Labute approximate surface area is 203 Å². The van der Waals surface area contributed by atoms with Crippen molar-refractivity contribution in [3.63, 3.8) is 0 Å². The van der Waals surface area contributed by atoms with Crippen molar-refractivity contribution in [1.82, 2.24) is 15.6 Å². The summed E-state index contributed by atoms with van der Waals surface area (Å²) in [6.45, 7) is 3.94. The molecule has 2 aromatic rings. The maximum atomic E-state index is 13.1. The van der Waals surface area contributed by atoms with E-state index in [2.05, 4.69) is 20.6 Å². The Balaban J connectivity index is 2.06. The van der Waals surface area contributed by atoms with E-state index in [0.717, 1.165) is 5.56 Å². The summed E-state index contributed by atoms with van der Waals surface area (Å²) in [7, 11) is 0. The van der Waals surface area contributed by atoms with Crippen LogP contribution in [0.5, 0.6) is 0 Å². The molecule has 8 N–H and O–H groups in total. The molecule has 10 nitrogen and oxygen atoms in total. The van der Waals surface area contributed by atoms with Gasteiger partial charge in [-0.05, 0) is 30.7 Å². The van der Waals surface area contributed by atoms with Crippen molar-refractivity contribution in [3.05, 3.63) is 52.5 Å². The molecular weight excluding hydrogens is 454 g/mol. The first-order valence-electron chi connectivity index (χ1n) is 11.1. The number of aromatic nitrogens is 1. The summed E-state index contributed by atoms with van der Waals surface area (Å²) in [4.78, 5) is 46.8. The monoisotopic (exact) mass is 487 g/mol. The van der Waals surface area contributed by atoms with Gasteiger partial charge in [0.15, 0.2) is 11.0 Å². The molecule has 0 saturated heterocycles. The number of nitrogens with zero attached hydrogens (tertiary/aromatic N) is 2. The highest BCUT2D eigenvalue weighted by Gasteiger charge is 2.31. The van der Waals surface area contributed by atoms with E-state index in [1.54, 1.807) is 5.38 Å². The van der Waals surface area contributed by atoms with Crippen molar-refractivity contribution in [3.8, 4) is 0 Å². The second kappa shape index (κ2) is 13.4. The van der Waals surface area contributed by atoms with Gasteiger partial charge in [-0.25, -0.2) is 4.98 Å². The van der Waals surface area contributed by atoms with Gasteiger partial charge in [-0.15, -0.1) is 11.3 Å². The number of aliphatic imine (C=N–C) groups is 1. The van der Waals surface area contributed by atoms with E-state index in [4.69, 9.17) is 17.2 Å². The zero-order chi connectivity index (χ0) is 25.1. The summed E-state index contributed by atoms with van der Waals surface area (Å²) in [6, 6.07) is 6.89.